The highest BCUT2D eigenvalue weighted by molar-refractivity contribution is 14.1. The molecule has 0 amide bonds. The van der Waals surface area contributed by atoms with Crippen LogP contribution >= 0.6 is 22.6 Å². The van der Waals surface area contributed by atoms with Crippen LogP contribution in [0, 0.1) is 3.57 Å². The normalized spacial score (nSPS) is 12.5. The summed E-state index contributed by atoms with van der Waals surface area (Å²) in [7, 11) is 3.53. The molecular formula is C13H22IN3O2. The second kappa shape index (κ2) is 8.65. The van der Waals surface area contributed by atoms with Gasteiger partial charge in [-0.3, -0.25) is 0 Å². The van der Waals surface area contributed by atoms with Gasteiger partial charge in [-0.25, -0.2) is 9.97 Å². The second-order valence-corrected chi connectivity index (χ2v) is 5.19. The number of methoxy groups -OCH3 is 1. The minimum atomic E-state index is -0.0466. The summed E-state index contributed by atoms with van der Waals surface area (Å²) in [5.41, 5.74) is 0.901. The van der Waals surface area contributed by atoms with Crippen molar-refractivity contribution in [3.63, 3.8) is 0 Å². The number of rotatable bonds is 8. The van der Waals surface area contributed by atoms with Gasteiger partial charge < -0.3 is 14.8 Å². The second-order valence-electron chi connectivity index (χ2n) is 4.11. The van der Waals surface area contributed by atoms with E-state index in [1.165, 1.54) is 0 Å². The van der Waals surface area contributed by atoms with Crippen LogP contribution in [-0.4, -0.2) is 30.7 Å². The highest BCUT2D eigenvalue weighted by Gasteiger charge is 2.18. The molecule has 0 aliphatic carbocycles. The molecule has 0 spiro atoms. The number of hydrogen-bond acceptors (Lipinski definition) is 5. The Bertz CT molecular complexity index is 396. The van der Waals surface area contributed by atoms with Crippen LogP contribution in [0.2, 0.25) is 0 Å². The van der Waals surface area contributed by atoms with Crippen LogP contribution < -0.4 is 5.32 Å². The van der Waals surface area contributed by atoms with Gasteiger partial charge in [0.1, 0.15) is 11.9 Å². The number of nitrogens with one attached hydrogen (secondary N) is 1. The SMILES string of the molecule is CCCC(OCC)c1nc(COC)c(I)c(NC)n1. The van der Waals surface area contributed by atoms with E-state index in [-0.39, 0.29) is 6.10 Å². The molecule has 1 aromatic heterocycles. The average Bonchev–Trinajstić information content (AvgIpc) is 2.41. The largest absolute Gasteiger partial charge is 0.378 e. The number of aromatic nitrogens is 2. The van der Waals surface area contributed by atoms with Gasteiger partial charge in [0.25, 0.3) is 0 Å². The Labute approximate surface area is 128 Å². The van der Waals surface area contributed by atoms with Gasteiger partial charge in [-0.2, -0.15) is 0 Å². The fraction of sp³-hybridized carbons (Fsp3) is 0.692. The molecular weight excluding hydrogens is 357 g/mol. The molecule has 1 rings (SSSR count). The molecule has 1 N–H and O–H groups in total. The molecule has 6 heteroatoms. The number of nitrogens with zero attached hydrogens (tertiary/aromatic N) is 2. The molecule has 0 saturated carbocycles. The lowest BCUT2D eigenvalue weighted by Crippen LogP contribution is -2.14. The minimum Gasteiger partial charge on any atom is -0.378 e. The Balaban J connectivity index is 3.13. The maximum atomic E-state index is 5.74. The monoisotopic (exact) mass is 379 g/mol. The molecule has 1 atom stereocenters. The molecule has 0 aromatic carbocycles. The Morgan fingerprint density at radius 1 is 1.32 bits per heavy atom. The third-order valence-corrected chi connectivity index (χ3v) is 3.80. The van der Waals surface area contributed by atoms with Crippen molar-refractivity contribution in [2.24, 2.45) is 0 Å². The number of halogens is 1. The highest BCUT2D eigenvalue weighted by atomic mass is 127. The first-order valence-corrected chi connectivity index (χ1v) is 7.60. The lowest BCUT2D eigenvalue weighted by Gasteiger charge is -2.18. The quantitative estimate of drug-likeness (QED) is 0.704. The van der Waals surface area contributed by atoms with Crippen molar-refractivity contribution in [3.8, 4) is 0 Å². The van der Waals surface area contributed by atoms with Gasteiger partial charge in [0.05, 0.1) is 15.9 Å². The Hall–Kier alpha value is -0.470. The van der Waals surface area contributed by atoms with Gasteiger partial charge in [-0.15, -0.1) is 0 Å². The van der Waals surface area contributed by atoms with Crippen molar-refractivity contribution in [2.75, 3.05) is 26.1 Å². The zero-order valence-corrected chi connectivity index (χ0v) is 14.2. The maximum Gasteiger partial charge on any atom is 0.159 e. The van der Waals surface area contributed by atoms with E-state index >= 15 is 0 Å². The van der Waals surface area contributed by atoms with Crippen molar-refractivity contribution >= 4 is 28.4 Å². The minimum absolute atomic E-state index is 0.0466. The van der Waals surface area contributed by atoms with Crippen LogP contribution in [0.3, 0.4) is 0 Å². The van der Waals surface area contributed by atoms with Gasteiger partial charge >= 0.3 is 0 Å². The first-order chi connectivity index (χ1) is 9.17. The Morgan fingerprint density at radius 3 is 2.58 bits per heavy atom. The molecule has 1 unspecified atom stereocenters. The number of hydrogen-bond donors (Lipinski definition) is 1. The Morgan fingerprint density at radius 2 is 2.05 bits per heavy atom. The molecule has 108 valence electrons. The van der Waals surface area contributed by atoms with E-state index in [0.717, 1.165) is 33.7 Å². The van der Waals surface area contributed by atoms with Crippen LogP contribution in [-0.2, 0) is 16.1 Å². The van der Waals surface area contributed by atoms with Crippen molar-refractivity contribution in [1.29, 1.82) is 0 Å². The Kier molecular flexibility index (Phi) is 7.55. The van der Waals surface area contributed by atoms with E-state index in [1.807, 2.05) is 14.0 Å². The fourth-order valence-electron chi connectivity index (χ4n) is 1.80. The highest BCUT2D eigenvalue weighted by Crippen LogP contribution is 2.25. The number of ether oxygens (including phenoxy) is 2. The fourth-order valence-corrected chi connectivity index (χ4v) is 2.47. The molecule has 1 heterocycles. The van der Waals surface area contributed by atoms with Crippen molar-refractivity contribution < 1.29 is 9.47 Å². The van der Waals surface area contributed by atoms with E-state index in [4.69, 9.17) is 9.47 Å². The number of anilines is 1. The van der Waals surface area contributed by atoms with Crippen LogP contribution in [0.4, 0.5) is 5.82 Å². The molecule has 0 bridgehead atoms. The summed E-state index contributed by atoms with van der Waals surface area (Å²) in [6.07, 6.45) is 1.91. The van der Waals surface area contributed by atoms with Crippen molar-refractivity contribution in [3.05, 3.63) is 15.1 Å². The van der Waals surface area contributed by atoms with Gasteiger partial charge in [-0.05, 0) is 35.9 Å². The molecule has 0 aliphatic heterocycles. The average molecular weight is 379 g/mol. The first kappa shape index (κ1) is 16.6. The summed E-state index contributed by atoms with van der Waals surface area (Å²) in [5.74, 6) is 1.57. The van der Waals surface area contributed by atoms with Crippen molar-refractivity contribution in [2.45, 2.75) is 39.4 Å². The standard InChI is InChI=1S/C13H22IN3O2/c1-5-7-10(19-6-2)12-16-9(8-18-4)11(14)13(15-3)17-12/h10H,5-8H2,1-4H3,(H,15,16,17). The molecule has 0 radical (unpaired) electrons. The summed E-state index contributed by atoms with van der Waals surface area (Å²) in [4.78, 5) is 9.16. The summed E-state index contributed by atoms with van der Waals surface area (Å²) < 4.78 is 11.9. The topological polar surface area (TPSA) is 56.3 Å². The van der Waals surface area contributed by atoms with Gasteiger partial charge in [0.15, 0.2) is 5.82 Å². The molecule has 0 saturated heterocycles. The van der Waals surface area contributed by atoms with Crippen LogP contribution in [0.1, 0.15) is 44.3 Å². The predicted molar refractivity (Wildman–Crippen MR) is 84.3 cm³/mol. The lowest BCUT2D eigenvalue weighted by molar-refractivity contribution is 0.0489. The van der Waals surface area contributed by atoms with Crippen molar-refractivity contribution in [1.82, 2.24) is 9.97 Å². The van der Waals surface area contributed by atoms with E-state index < -0.39 is 0 Å². The van der Waals surface area contributed by atoms with Gasteiger partial charge in [-0.1, -0.05) is 13.3 Å². The summed E-state index contributed by atoms with van der Waals surface area (Å²) in [6.45, 7) is 5.26. The third-order valence-electron chi connectivity index (χ3n) is 2.66. The van der Waals surface area contributed by atoms with E-state index in [9.17, 15) is 0 Å². The van der Waals surface area contributed by atoms with E-state index in [0.29, 0.717) is 13.2 Å². The molecule has 5 nitrogen and oxygen atoms in total. The predicted octanol–water partition coefficient (Wildman–Crippen LogP) is 3.15. The van der Waals surface area contributed by atoms with Gasteiger partial charge in [0, 0.05) is 20.8 Å². The molecule has 0 fully saturated rings. The van der Waals surface area contributed by atoms with Gasteiger partial charge in [0.2, 0.25) is 0 Å². The summed E-state index contributed by atoms with van der Waals surface area (Å²) in [6, 6.07) is 0. The van der Waals surface area contributed by atoms with Crippen LogP contribution in [0.25, 0.3) is 0 Å². The molecule has 1 aromatic rings. The summed E-state index contributed by atoms with van der Waals surface area (Å²) in [5, 5.41) is 3.10. The molecule has 0 aliphatic rings. The zero-order chi connectivity index (χ0) is 14.3. The smallest absolute Gasteiger partial charge is 0.159 e. The summed E-state index contributed by atoms with van der Waals surface area (Å²) >= 11 is 2.24. The van der Waals surface area contributed by atoms with Crippen LogP contribution in [0.15, 0.2) is 0 Å². The molecule has 19 heavy (non-hydrogen) atoms. The van der Waals surface area contributed by atoms with E-state index in [1.54, 1.807) is 7.11 Å². The maximum absolute atomic E-state index is 5.74. The lowest BCUT2D eigenvalue weighted by atomic mass is 10.2. The van der Waals surface area contributed by atoms with Crippen LogP contribution in [0.5, 0.6) is 0 Å². The first-order valence-electron chi connectivity index (χ1n) is 6.52. The van der Waals surface area contributed by atoms with E-state index in [2.05, 4.69) is 44.8 Å². The zero-order valence-electron chi connectivity index (χ0n) is 12.0. The third kappa shape index (κ3) is 4.54.